The van der Waals surface area contributed by atoms with E-state index in [1.165, 1.54) is 0 Å². The second kappa shape index (κ2) is 4.93. The van der Waals surface area contributed by atoms with E-state index in [4.69, 9.17) is 4.74 Å². The van der Waals surface area contributed by atoms with Crippen LogP contribution < -0.4 is 0 Å². The quantitative estimate of drug-likeness (QED) is 0.918. The highest BCUT2D eigenvalue weighted by atomic mass is 16.5. The van der Waals surface area contributed by atoms with Crippen LogP contribution in [-0.4, -0.2) is 22.3 Å². The van der Waals surface area contributed by atoms with Crippen molar-refractivity contribution in [3.05, 3.63) is 54.2 Å². The Kier molecular flexibility index (Phi) is 3.05. The Hall–Kier alpha value is -1.71. The first-order valence-corrected chi connectivity index (χ1v) is 7.63. The van der Waals surface area contributed by atoms with Crippen molar-refractivity contribution in [2.45, 2.75) is 43.5 Å². The van der Waals surface area contributed by atoms with Crippen molar-refractivity contribution in [1.82, 2.24) is 4.98 Å². The van der Waals surface area contributed by atoms with Crippen molar-refractivity contribution in [3.8, 4) is 11.3 Å². The van der Waals surface area contributed by atoms with Crippen LogP contribution >= 0.6 is 0 Å². The van der Waals surface area contributed by atoms with Crippen molar-refractivity contribution in [3.63, 3.8) is 0 Å². The van der Waals surface area contributed by atoms with Gasteiger partial charge in [-0.3, -0.25) is 4.98 Å². The lowest BCUT2D eigenvalue weighted by molar-refractivity contribution is -0.115. The monoisotopic (exact) mass is 281 g/mol. The van der Waals surface area contributed by atoms with Gasteiger partial charge in [-0.05, 0) is 30.5 Å². The molecule has 2 fully saturated rings. The zero-order valence-corrected chi connectivity index (χ0v) is 11.9. The van der Waals surface area contributed by atoms with E-state index in [9.17, 15) is 5.11 Å². The normalized spacial score (nSPS) is 31.3. The van der Waals surface area contributed by atoms with Gasteiger partial charge in [0.15, 0.2) is 0 Å². The van der Waals surface area contributed by atoms with E-state index in [1.807, 2.05) is 42.5 Å². The predicted octanol–water partition coefficient (Wildman–Crippen LogP) is 3.28. The molecular weight excluding hydrogens is 262 g/mol. The van der Waals surface area contributed by atoms with Crippen molar-refractivity contribution in [1.29, 1.82) is 0 Å². The van der Waals surface area contributed by atoms with Gasteiger partial charge in [0.1, 0.15) is 0 Å². The molecule has 3 heteroatoms. The first-order chi connectivity index (χ1) is 10.2. The van der Waals surface area contributed by atoms with Crippen molar-refractivity contribution < 1.29 is 9.84 Å². The number of nitrogens with zero attached hydrogens (tertiary/aromatic N) is 1. The lowest BCUT2D eigenvalue weighted by Gasteiger charge is -2.36. The van der Waals surface area contributed by atoms with Crippen molar-refractivity contribution in [2.24, 2.45) is 0 Å². The Balaban J connectivity index is 1.62. The minimum absolute atomic E-state index is 0.226. The lowest BCUT2D eigenvalue weighted by atomic mass is 9.83. The number of fused-ring (bicyclic) bond motifs is 2. The average Bonchev–Trinajstić information content (AvgIpc) is 2.88. The van der Waals surface area contributed by atoms with Gasteiger partial charge in [0.05, 0.1) is 23.5 Å². The average molecular weight is 281 g/mol. The van der Waals surface area contributed by atoms with E-state index in [0.29, 0.717) is 12.8 Å². The number of hydrogen-bond acceptors (Lipinski definition) is 3. The Morgan fingerprint density at radius 1 is 1.00 bits per heavy atom. The summed E-state index contributed by atoms with van der Waals surface area (Å²) in [4.78, 5) is 4.36. The minimum Gasteiger partial charge on any atom is -0.385 e. The molecule has 1 aromatic heterocycles. The van der Waals surface area contributed by atoms with Gasteiger partial charge in [0.2, 0.25) is 0 Å². The minimum atomic E-state index is -0.729. The molecule has 0 radical (unpaired) electrons. The fraction of sp³-hybridized carbons (Fsp3) is 0.389. The van der Waals surface area contributed by atoms with E-state index in [2.05, 4.69) is 4.98 Å². The van der Waals surface area contributed by atoms with Crippen LogP contribution in [0.3, 0.4) is 0 Å². The third kappa shape index (κ3) is 2.37. The smallest absolute Gasteiger partial charge is 0.0945 e. The van der Waals surface area contributed by atoms with E-state index in [0.717, 1.165) is 29.7 Å². The molecule has 1 N–H and O–H groups in total. The van der Waals surface area contributed by atoms with Crippen LogP contribution in [0.1, 0.15) is 31.2 Å². The summed E-state index contributed by atoms with van der Waals surface area (Å²) < 4.78 is 5.84. The van der Waals surface area contributed by atoms with E-state index >= 15 is 0 Å². The molecule has 2 unspecified atom stereocenters. The Labute approximate surface area is 124 Å². The largest absolute Gasteiger partial charge is 0.385 e. The standard InChI is InChI=1S/C18H19NO2/c20-18(11-15-8-9-16(12-18)21-15)14-6-4-13(5-7-14)17-3-1-2-10-19-17/h1-7,10,15-16,20H,8-9,11-12H2. The van der Waals surface area contributed by atoms with Crippen LogP contribution in [0.2, 0.25) is 0 Å². The molecule has 0 amide bonds. The molecule has 3 heterocycles. The molecule has 0 spiro atoms. The molecule has 2 aliphatic rings. The highest BCUT2D eigenvalue weighted by Gasteiger charge is 2.44. The maximum absolute atomic E-state index is 11.0. The topological polar surface area (TPSA) is 42.4 Å². The molecule has 2 aliphatic heterocycles. The summed E-state index contributed by atoms with van der Waals surface area (Å²) in [6, 6.07) is 14.1. The first-order valence-electron chi connectivity index (χ1n) is 7.63. The van der Waals surface area contributed by atoms with Gasteiger partial charge < -0.3 is 9.84 Å². The Morgan fingerprint density at radius 3 is 2.33 bits per heavy atom. The SMILES string of the molecule is OC1(c2ccc(-c3ccccn3)cc2)CC2CCC(C1)O2. The number of rotatable bonds is 2. The molecule has 0 aliphatic carbocycles. The molecule has 1 aromatic carbocycles. The highest BCUT2D eigenvalue weighted by molar-refractivity contribution is 5.59. The molecule has 0 saturated carbocycles. The number of pyridine rings is 1. The van der Waals surface area contributed by atoms with E-state index < -0.39 is 5.60 Å². The summed E-state index contributed by atoms with van der Waals surface area (Å²) in [6.45, 7) is 0. The summed E-state index contributed by atoms with van der Waals surface area (Å²) in [5, 5.41) is 11.0. The number of hydrogen-bond donors (Lipinski definition) is 1. The molecule has 4 rings (SSSR count). The van der Waals surface area contributed by atoms with Crippen molar-refractivity contribution >= 4 is 0 Å². The number of ether oxygens (including phenoxy) is 1. The lowest BCUT2D eigenvalue weighted by Crippen LogP contribution is -2.38. The van der Waals surface area contributed by atoms with Gasteiger partial charge in [-0.1, -0.05) is 30.3 Å². The maximum Gasteiger partial charge on any atom is 0.0945 e. The maximum atomic E-state index is 11.0. The molecule has 2 bridgehead atoms. The first kappa shape index (κ1) is 13.0. The highest BCUT2D eigenvalue weighted by Crippen LogP contribution is 2.44. The van der Waals surface area contributed by atoms with Crippen LogP contribution in [0.5, 0.6) is 0 Å². The summed E-state index contributed by atoms with van der Waals surface area (Å²) in [5.74, 6) is 0. The molecule has 2 aromatic rings. The summed E-state index contributed by atoms with van der Waals surface area (Å²) in [6.07, 6.45) is 5.84. The molecule has 21 heavy (non-hydrogen) atoms. The Bertz CT molecular complexity index is 611. The van der Waals surface area contributed by atoms with Crippen LogP contribution in [0.15, 0.2) is 48.7 Å². The van der Waals surface area contributed by atoms with Gasteiger partial charge >= 0.3 is 0 Å². The van der Waals surface area contributed by atoms with Gasteiger partial charge in [-0.15, -0.1) is 0 Å². The van der Waals surface area contributed by atoms with Crippen LogP contribution in [0.25, 0.3) is 11.3 Å². The molecule has 2 saturated heterocycles. The van der Waals surface area contributed by atoms with Crippen LogP contribution in [-0.2, 0) is 10.3 Å². The Morgan fingerprint density at radius 2 is 1.71 bits per heavy atom. The van der Waals surface area contributed by atoms with Gasteiger partial charge in [-0.25, -0.2) is 0 Å². The molecule has 108 valence electrons. The third-order valence-corrected chi connectivity index (χ3v) is 4.71. The van der Waals surface area contributed by atoms with E-state index in [-0.39, 0.29) is 12.2 Å². The number of aliphatic hydroxyl groups is 1. The summed E-state index contributed by atoms with van der Waals surface area (Å²) >= 11 is 0. The summed E-state index contributed by atoms with van der Waals surface area (Å²) in [7, 11) is 0. The zero-order chi connectivity index (χ0) is 14.3. The second-order valence-corrected chi connectivity index (χ2v) is 6.19. The third-order valence-electron chi connectivity index (χ3n) is 4.71. The predicted molar refractivity (Wildman–Crippen MR) is 80.7 cm³/mol. The van der Waals surface area contributed by atoms with E-state index in [1.54, 1.807) is 6.20 Å². The van der Waals surface area contributed by atoms with Crippen LogP contribution in [0, 0.1) is 0 Å². The van der Waals surface area contributed by atoms with Crippen molar-refractivity contribution in [2.75, 3.05) is 0 Å². The summed E-state index contributed by atoms with van der Waals surface area (Å²) in [5.41, 5.74) is 2.32. The molecule has 3 nitrogen and oxygen atoms in total. The zero-order valence-electron chi connectivity index (χ0n) is 11.9. The molecule has 2 atom stereocenters. The number of benzene rings is 1. The molecular formula is C18H19NO2. The second-order valence-electron chi connectivity index (χ2n) is 6.19. The van der Waals surface area contributed by atoms with Gasteiger partial charge in [0.25, 0.3) is 0 Å². The fourth-order valence-corrected chi connectivity index (χ4v) is 3.64. The van der Waals surface area contributed by atoms with Gasteiger partial charge in [0, 0.05) is 24.6 Å². The van der Waals surface area contributed by atoms with Crippen LogP contribution in [0.4, 0.5) is 0 Å². The fourth-order valence-electron chi connectivity index (χ4n) is 3.64. The number of aromatic nitrogens is 1. The van der Waals surface area contributed by atoms with Gasteiger partial charge in [-0.2, -0.15) is 0 Å².